The SMILES string of the molecule is Cc1ccc(CN2CCCC(F)C2)cc1. The van der Waals surface area contributed by atoms with E-state index >= 15 is 0 Å². The Morgan fingerprint density at radius 3 is 2.73 bits per heavy atom. The molecule has 0 spiro atoms. The molecule has 1 aliphatic rings. The lowest BCUT2D eigenvalue weighted by molar-refractivity contribution is 0.133. The summed E-state index contributed by atoms with van der Waals surface area (Å²) in [5, 5.41) is 0. The Bertz CT molecular complexity index is 307. The van der Waals surface area contributed by atoms with E-state index in [-0.39, 0.29) is 0 Å². The number of piperidine rings is 1. The van der Waals surface area contributed by atoms with E-state index in [1.807, 2.05) is 0 Å². The molecule has 1 nitrogen and oxygen atoms in total. The van der Waals surface area contributed by atoms with Gasteiger partial charge in [-0.2, -0.15) is 0 Å². The van der Waals surface area contributed by atoms with Crippen molar-refractivity contribution in [2.45, 2.75) is 32.5 Å². The lowest BCUT2D eigenvalue weighted by atomic mass is 10.1. The summed E-state index contributed by atoms with van der Waals surface area (Å²) in [5.41, 5.74) is 2.57. The van der Waals surface area contributed by atoms with Crippen LogP contribution in [0, 0.1) is 6.92 Å². The van der Waals surface area contributed by atoms with Crippen LogP contribution in [-0.4, -0.2) is 24.2 Å². The van der Waals surface area contributed by atoms with Crippen molar-refractivity contribution in [2.24, 2.45) is 0 Å². The molecule has 15 heavy (non-hydrogen) atoms. The molecule has 0 amide bonds. The molecule has 1 aromatic carbocycles. The molecule has 2 rings (SSSR count). The summed E-state index contributed by atoms with van der Waals surface area (Å²) >= 11 is 0. The quantitative estimate of drug-likeness (QED) is 0.720. The predicted octanol–water partition coefficient (Wildman–Crippen LogP) is 2.93. The molecule has 0 aromatic heterocycles. The van der Waals surface area contributed by atoms with Crippen molar-refractivity contribution >= 4 is 0 Å². The van der Waals surface area contributed by atoms with Gasteiger partial charge >= 0.3 is 0 Å². The maximum atomic E-state index is 13.2. The highest BCUT2D eigenvalue weighted by atomic mass is 19.1. The average molecular weight is 207 g/mol. The molecule has 0 bridgehead atoms. The van der Waals surface area contributed by atoms with Gasteiger partial charge in [0.15, 0.2) is 0 Å². The van der Waals surface area contributed by atoms with Crippen LogP contribution in [0.3, 0.4) is 0 Å². The fourth-order valence-corrected chi connectivity index (χ4v) is 2.09. The summed E-state index contributed by atoms with van der Waals surface area (Å²) in [4.78, 5) is 2.21. The molecule has 1 aliphatic heterocycles. The van der Waals surface area contributed by atoms with Gasteiger partial charge in [-0.05, 0) is 31.9 Å². The molecule has 1 fully saturated rings. The van der Waals surface area contributed by atoms with Crippen LogP contribution < -0.4 is 0 Å². The van der Waals surface area contributed by atoms with Gasteiger partial charge in [-0.1, -0.05) is 29.8 Å². The zero-order chi connectivity index (χ0) is 10.7. The minimum atomic E-state index is -0.621. The Balaban J connectivity index is 1.93. The first kappa shape index (κ1) is 10.6. The van der Waals surface area contributed by atoms with E-state index in [0.717, 1.165) is 25.9 Å². The number of hydrogen-bond acceptors (Lipinski definition) is 1. The molecular weight excluding hydrogens is 189 g/mol. The number of rotatable bonds is 2. The second kappa shape index (κ2) is 4.75. The van der Waals surface area contributed by atoms with Crippen LogP contribution in [0.25, 0.3) is 0 Å². The molecule has 1 atom stereocenters. The molecule has 1 heterocycles. The van der Waals surface area contributed by atoms with E-state index in [2.05, 4.69) is 36.1 Å². The summed E-state index contributed by atoms with van der Waals surface area (Å²) < 4.78 is 13.2. The topological polar surface area (TPSA) is 3.24 Å². The van der Waals surface area contributed by atoms with E-state index in [1.54, 1.807) is 0 Å². The van der Waals surface area contributed by atoms with Gasteiger partial charge in [0.2, 0.25) is 0 Å². The van der Waals surface area contributed by atoms with Gasteiger partial charge in [0.05, 0.1) is 0 Å². The van der Waals surface area contributed by atoms with Crippen LogP contribution in [0.4, 0.5) is 4.39 Å². The van der Waals surface area contributed by atoms with E-state index in [0.29, 0.717) is 6.54 Å². The standard InChI is InChI=1S/C13H18FN/c1-11-4-6-12(7-5-11)9-15-8-2-3-13(14)10-15/h4-7,13H,2-3,8-10H2,1H3. The molecule has 0 aliphatic carbocycles. The van der Waals surface area contributed by atoms with Gasteiger partial charge < -0.3 is 0 Å². The monoisotopic (exact) mass is 207 g/mol. The van der Waals surface area contributed by atoms with Gasteiger partial charge in [0, 0.05) is 13.1 Å². The third kappa shape index (κ3) is 3.03. The number of halogens is 1. The Kier molecular flexibility index (Phi) is 3.37. The number of aryl methyl sites for hydroxylation is 1. The molecule has 1 unspecified atom stereocenters. The Morgan fingerprint density at radius 2 is 2.07 bits per heavy atom. The first-order valence-corrected chi connectivity index (χ1v) is 5.66. The number of alkyl halides is 1. The number of likely N-dealkylation sites (tertiary alicyclic amines) is 1. The minimum absolute atomic E-state index is 0.605. The summed E-state index contributed by atoms with van der Waals surface area (Å²) in [7, 11) is 0. The van der Waals surface area contributed by atoms with Crippen LogP contribution in [0.5, 0.6) is 0 Å². The van der Waals surface area contributed by atoms with E-state index in [1.165, 1.54) is 11.1 Å². The number of nitrogens with zero attached hydrogens (tertiary/aromatic N) is 1. The summed E-state index contributed by atoms with van der Waals surface area (Å²) in [6, 6.07) is 8.51. The van der Waals surface area contributed by atoms with Gasteiger partial charge in [0.1, 0.15) is 6.17 Å². The van der Waals surface area contributed by atoms with Gasteiger partial charge in [0.25, 0.3) is 0 Å². The predicted molar refractivity (Wildman–Crippen MR) is 60.6 cm³/mol. The highest BCUT2D eigenvalue weighted by Crippen LogP contribution is 2.15. The van der Waals surface area contributed by atoms with Crippen molar-refractivity contribution in [3.8, 4) is 0 Å². The van der Waals surface area contributed by atoms with E-state index in [9.17, 15) is 4.39 Å². The minimum Gasteiger partial charge on any atom is -0.296 e. The third-order valence-corrected chi connectivity index (χ3v) is 2.97. The smallest absolute Gasteiger partial charge is 0.113 e. The van der Waals surface area contributed by atoms with Crippen molar-refractivity contribution in [3.05, 3.63) is 35.4 Å². The lowest BCUT2D eigenvalue weighted by Gasteiger charge is -2.28. The summed E-state index contributed by atoms with van der Waals surface area (Å²) in [6.45, 7) is 4.62. The zero-order valence-corrected chi connectivity index (χ0v) is 9.25. The van der Waals surface area contributed by atoms with Crippen molar-refractivity contribution in [2.75, 3.05) is 13.1 Å². The van der Waals surface area contributed by atoms with Crippen molar-refractivity contribution in [1.29, 1.82) is 0 Å². The molecular formula is C13H18FN. The largest absolute Gasteiger partial charge is 0.296 e. The molecule has 0 saturated carbocycles. The molecule has 1 aromatic rings. The highest BCUT2D eigenvalue weighted by molar-refractivity contribution is 5.21. The van der Waals surface area contributed by atoms with Crippen LogP contribution in [0.1, 0.15) is 24.0 Å². The number of benzene rings is 1. The molecule has 0 N–H and O–H groups in total. The molecule has 2 heteroatoms. The first-order valence-electron chi connectivity index (χ1n) is 5.66. The lowest BCUT2D eigenvalue weighted by Crippen LogP contribution is -2.35. The second-order valence-electron chi connectivity index (χ2n) is 4.46. The maximum absolute atomic E-state index is 13.2. The van der Waals surface area contributed by atoms with E-state index < -0.39 is 6.17 Å². The Morgan fingerprint density at radius 1 is 1.33 bits per heavy atom. The second-order valence-corrected chi connectivity index (χ2v) is 4.46. The zero-order valence-electron chi connectivity index (χ0n) is 9.25. The van der Waals surface area contributed by atoms with Crippen LogP contribution >= 0.6 is 0 Å². The third-order valence-electron chi connectivity index (χ3n) is 2.97. The molecule has 1 saturated heterocycles. The van der Waals surface area contributed by atoms with Crippen LogP contribution in [0.2, 0.25) is 0 Å². The Hall–Kier alpha value is -0.890. The maximum Gasteiger partial charge on any atom is 0.113 e. The average Bonchev–Trinajstić information content (AvgIpc) is 2.22. The van der Waals surface area contributed by atoms with Gasteiger partial charge in [-0.25, -0.2) is 4.39 Å². The van der Waals surface area contributed by atoms with E-state index in [4.69, 9.17) is 0 Å². The Labute approximate surface area is 90.9 Å². The summed E-state index contributed by atoms with van der Waals surface area (Å²) in [6.07, 6.45) is 1.11. The van der Waals surface area contributed by atoms with Crippen molar-refractivity contribution < 1.29 is 4.39 Å². The fraction of sp³-hybridized carbons (Fsp3) is 0.538. The molecule has 0 radical (unpaired) electrons. The normalized spacial score (nSPS) is 22.9. The first-order chi connectivity index (χ1) is 7.24. The van der Waals surface area contributed by atoms with Gasteiger partial charge in [-0.3, -0.25) is 4.90 Å². The van der Waals surface area contributed by atoms with Gasteiger partial charge in [-0.15, -0.1) is 0 Å². The van der Waals surface area contributed by atoms with Crippen LogP contribution in [-0.2, 0) is 6.54 Å². The van der Waals surface area contributed by atoms with Crippen molar-refractivity contribution in [1.82, 2.24) is 4.90 Å². The van der Waals surface area contributed by atoms with Crippen molar-refractivity contribution in [3.63, 3.8) is 0 Å². The molecule has 82 valence electrons. The fourth-order valence-electron chi connectivity index (χ4n) is 2.09. The summed E-state index contributed by atoms with van der Waals surface area (Å²) in [5.74, 6) is 0. The van der Waals surface area contributed by atoms with Crippen LogP contribution in [0.15, 0.2) is 24.3 Å². The number of hydrogen-bond donors (Lipinski definition) is 0. The highest BCUT2D eigenvalue weighted by Gasteiger charge is 2.18.